The van der Waals surface area contributed by atoms with Gasteiger partial charge in [0.05, 0.1) is 22.3 Å². The highest BCUT2D eigenvalue weighted by molar-refractivity contribution is 5.84. The molecular formula is C27H24N6O. The number of aromatic nitrogens is 5. The van der Waals surface area contributed by atoms with E-state index >= 15 is 0 Å². The summed E-state index contributed by atoms with van der Waals surface area (Å²) in [5.74, 6) is 0.659. The van der Waals surface area contributed by atoms with Crippen molar-refractivity contribution in [1.29, 1.82) is 5.26 Å². The highest BCUT2D eigenvalue weighted by atomic mass is 16.1. The van der Waals surface area contributed by atoms with Gasteiger partial charge in [-0.15, -0.1) is 0 Å². The van der Waals surface area contributed by atoms with Crippen LogP contribution >= 0.6 is 0 Å². The number of rotatable bonds is 3. The Morgan fingerprint density at radius 2 is 1.71 bits per heavy atom. The summed E-state index contributed by atoms with van der Waals surface area (Å²) in [5, 5.41) is 12.8. The van der Waals surface area contributed by atoms with Gasteiger partial charge in [-0.1, -0.05) is 61.7 Å². The molecule has 0 aliphatic heterocycles. The number of aromatic amines is 1. The van der Waals surface area contributed by atoms with Crippen LogP contribution in [0, 0.1) is 18.3 Å². The number of imidazole rings is 1. The third-order valence-corrected chi connectivity index (χ3v) is 6.89. The molecule has 6 rings (SSSR count). The van der Waals surface area contributed by atoms with E-state index in [1.165, 1.54) is 23.8 Å². The van der Waals surface area contributed by atoms with Gasteiger partial charge >= 0.3 is 0 Å². The molecule has 0 amide bonds. The fourth-order valence-corrected chi connectivity index (χ4v) is 5.32. The average Bonchev–Trinajstić information content (AvgIpc) is 3.43. The van der Waals surface area contributed by atoms with Crippen LogP contribution in [0.1, 0.15) is 49.5 Å². The minimum Gasteiger partial charge on any atom is -0.321 e. The van der Waals surface area contributed by atoms with Gasteiger partial charge in [-0.3, -0.25) is 9.89 Å². The molecule has 0 atom stereocenters. The van der Waals surface area contributed by atoms with E-state index in [1.807, 2.05) is 55.5 Å². The van der Waals surface area contributed by atoms with Gasteiger partial charge in [0.1, 0.15) is 23.2 Å². The average molecular weight is 449 g/mol. The van der Waals surface area contributed by atoms with Crippen molar-refractivity contribution in [2.75, 3.05) is 0 Å². The van der Waals surface area contributed by atoms with Gasteiger partial charge in [0.15, 0.2) is 5.65 Å². The Morgan fingerprint density at radius 1 is 0.971 bits per heavy atom. The topological polar surface area (TPSA) is 91.8 Å². The first-order valence-corrected chi connectivity index (χ1v) is 11.8. The predicted molar refractivity (Wildman–Crippen MR) is 132 cm³/mol. The first kappa shape index (κ1) is 20.4. The minimum absolute atomic E-state index is 0.242. The van der Waals surface area contributed by atoms with Crippen LogP contribution < -0.4 is 5.56 Å². The van der Waals surface area contributed by atoms with Gasteiger partial charge in [-0.05, 0) is 37.5 Å². The molecule has 1 aliphatic carbocycles. The highest BCUT2D eigenvalue weighted by Gasteiger charge is 2.27. The van der Waals surface area contributed by atoms with Crippen molar-refractivity contribution in [2.45, 2.75) is 45.1 Å². The summed E-state index contributed by atoms with van der Waals surface area (Å²) in [6.07, 6.45) is 5.74. The number of H-pyrrole nitrogens is 1. The number of hydrogen-bond donors (Lipinski definition) is 1. The van der Waals surface area contributed by atoms with Crippen molar-refractivity contribution in [3.05, 3.63) is 76.3 Å². The van der Waals surface area contributed by atoms with Crippen LogP contribution in [0.25, 0.3) is 39.2 Å². The molecule has 3 aromatic heterocycles. The molecule has 5 aromatic rings. The molecule has 0 spiro atoms. The van der Waals surface area contributed by atoms with E-state index in [9.17, 15) is 10.1 Å². The summed E-state index contributed by atoms with van der Waals surface area (Å²) >= 11 is 0. The minimum atomic E-state index is -0.242. The normalized spacial score (nSPS) is 14.6. The second kappa shape index (κ2) is 7.99. The van der Waals surface area contributed by atoms with Gasteiger partial charge in [-0.25, -0.2) is 9.97 Å². The lowest BCUT2D eigenvalue weighted by atomic mass is 9.95. The fourth-order valence-electron chi connectivity index (χ4n) is 5.32. The van der Waals surface area contributed by atoms with Crippen molar-refractivity contribution in [1.82, 2.24) is 24.1 Å². The van der Waals surface area contributed by atoms with E-state index in [0.29, 0.717) is 40.0 Å². The van der Waals surface area contributed by atoms with E-state index in [2.05, 4.69) is 21.8 Å². The Morgan fingerprint density at radius 3 is 2.47 bits per heavy atom. The SMILES string of the molecule is Cc1nc2c(-c3ccccc3)c(C#N)[nH]n2c(=O)c1-c1nc2ccccc2n1C1CCCCC1. The summed E-state index contributed by atoms with van der Waals surface area (Å²) in [4.78, 5) is 23.7. The molecule has 0 saturated heterocycles. The number of nitrogens with zero attached hydrogens (tertiary/aromatic N) is 5. The first-order valence-electron chi connectivity index (χ1n) is 11.8. The molecule has 1 saturated carbocycles. The molecule has 34 heavy (non-hydrogen) atoms. The van der Waals surface area contributed by atoms with Gasteiger partial charge < -0.3 is 4.57 Å². The van der Waals surface area contributed by atoms with Crippen LogP contribution in [0.4, 0.5) is 0 Å². The summed E-state index contributed by atoms with van der Waals surface area (Å²) in [6.45, 7) is 1.86. The number of hydrogen-bond acceptors (Lipinski definition) is 4. The Kier molecular flexibility index (Phi) is 4.80. The number of para-hydroxylation sites is 2. The zero-order valence-electron chi connectivity index (χ0n) is 19.0. The molecule has 7 nitrogen and oxygen atoms in total. The van der Waals surface area contributed by atoms with E-state index in [-0.39, 0.29) is 5.56 Å². The molecule has 1 aliphatic rings. The smallest absolute Gasteiger partial charge is 0.284 e. The van der Waals surface area contributed by atoms with E-state index < -0.39 is 0 Å². The van der Waals surface area contributed by atoms with Crippen LogP contribution in [0.5, 0.6) is 0 Å². The van der Waals surface area contributed by atoms with Crippen molar-refractivity contribution < 1.29 is 0 Å². The van der Waals surface area contributed by atoms with Crippen LogP contribution in [0.2, 0.25) is 0 Å². The lowest BCUT2D eigenvalue weighted by Gasteiger charge is -2.25. The quantitative estimate of drug-likeness (QED) is 0.400. The molecule has 168 valence electrons. The largest absolute Gasteiger partial charge is 0.321 e. The number of aryl methyl sites for hydroxylation is 1. The number of nitrogens with one attached hydrogen (secondary N) is 1. The maximum Gasteiger partial charge on any atom is 0.284 e. The molecule has 1 fully saturated rings. The third-order valence-electron chi connectivity index (χ3n) is 6.89. The maximum absolute atomic E-state index is 13.9. The monoisotopic (exact) mass is 448 g/mol. The number of nitriles is 1. The molecule has 1 N–H and O–H groups in total. The fraction of sp³-hybridized carbons (Fsp3) is 0.259. The van der Waals surface area contributed by atoms with Gasteiger partial charge in [0.25, 0.3) is 5.56 Å². The standard InChI is InChI=1S/C27H24N6O/c1-17-23(25-30-20-14-8-9-15-22(20)32(25)19-12-6-3-7-13-19)27(34)33-26(29-17)24(21(16-28)31-33)18-10-4-2-5-11-18/h2,4-5,8-11,14-15,19,31H,3,6-7,12-13H2,1H3. The first-order chi connectivity index (χ1) is 16.7. The van der Waals surface area contributed by atoms with Gasteiger partial charge in [0, 0.05) is 6.04 Å². The molecule has 7 heteroatoms. The van der Waals surface area contributed by atoms with Crippen LogP contribution in [-0.2, 0) is 0 Å². The Hall–Kier alpha value is -4.18. The molecule has 0 radical (unpaired) electrons. The number of fused-ring (bicyclic) bond motifs is 2. The van der Waals surface area contributed by atoms with Crippen LogP contribution in [0.15, 0.2) is 59.4 Å². The highest BCUT2D eigenvalue weighted by Crippen LogP contribution is 2.36. The van der Waals surface area contributed by atoms with Crippen molar-refractivity contribution in [3.63, 3.8) is 0 Å². The van der Waals surface area contributed by atoms with Crippen molar-refractivity contribution >= 4 is 16.7 Å². The summed E-state index contributed by atoms with van der Waals surface area (Å²) in [6, 6.07) is 20.1. The zero-order chi connectivity index (χ0) is 23.2. The zero-order valence-corrected chi connectivity index (χ0v) is 19.0. The lowest BCUT2D eigenvalue weighted by Crippen LogP contribution is -2.22. The Bertz CT molecular complexity index is 1630. The molecule has 2 aromatic carbocycles. The predicted octanol–water partition coefficient (Wildman–Crippen LogP) is 5.39. The van der Waals surface area contributed by atoms with Crippen molar-refractivity contribution in [2.24, 2.45) is 0 Å². The molecule has 0 bridgehead atoms. The second-order valence-electron chi connectivity index (χ2n) is 8.96. The lowest BCUT2D eigenvalue weighted by molar-refractivity contribution is 0.362. The van der Waals surface area contributed by atoms with Crippen molar-refractivity contribution in [3.8, 4) is 28.6 Å². The van der Waals surface area contributed by atoms with Gasteiger partial charge in [0.2, 0.25) is 0 Å². The van der Waals surface area contributed by atoms with E-state index in [1.54, 1.807) is 0 Å². The van der Waals surface area contributed by atoms with E-state index in [0.717, 1.165) is 29.4 Å². The Labute approximate surface area is 196 Å². The summed E-state index contributed by atoms with van der Waals surface area (Å²) in [5.41, 5.74) is 5.00. The second-order valence-corrected chi connectivity index (χ2v) is 8.96. The maximum atomic E-state index is 13.9. The van der Waals surface area contributed by atoms with Gasteiger partial charge in [-0.2, -0.15) is 9.78 Å². The molecule has 0 unspecified atom stereocenters. The van der Waals surface area contributed by atoms with E-state index in [4.69, 9.17) is 9.97 Å². The third kappa shape index (κ3) is 3.06. The number of benzene rings is 2. The molecule has 3 heterocycles. The molecular weight excluding hydrogens is 424 g/mol. The van der Waals surface area contributed by atoms with Crippen LogP contribution in [0.3, 0.4) is 0 Å². The summed E-state index contributed by atoms with van der Waals surface area (Å²) in [7, 11) is 0. The summed E-state index contributed by atoms with van der Waals surface area (Å²) < 4.78 is 3.65. The Balaban J connectivity index is 1.64. The van der Waals surface area contributed by atoms with Crippen LogP contribution in [-0.4, -0.2) is 24.1 Å².